The predicted molar refractivity (Wildman–Crippen MR) is 126 cm³/mol. The Kier molecular flexibility index (Phi) is 12.4. The van der Waals surface area contributed by atoms with Gasteiger partial charge < -0.3 is 52.8 Å². The largest absolute Gasteiger partial charge is 0.463 e. The van der Waals surface area contributed by atoms with Gasteiger partial charge in [-0.25, -0.2) is 0 Å². The molecule has 10 atom stereocenters. The Morgan fingerprint density at radius 2 is 0.976 bits per heavy atom. The summed E-state index contributed by atoms with van der Waals surface area (Å²) < 4.78 is 48.0. The molecule has 2 aliphatic rings. The van der Waals surface area contributed by atoms with Crippen molar-refractivity contribution in [3.63, 3.8) is 0 Å². The monoisotopic (exact) mass is 594 g/mol. The van der Waals surface area contributed by atoms with E-state index in [1.165, 1.54) is 0 Å². The van der Waals surface area contributed by atoms with Crippen molar-refractivity contribution in [2.24, 2.45) is 0 Å². The summed E-state index contributed by atoms with van der Waals surface area (Å²) in [5.41, 5.74) is 0. The molecule has 0 spiro atoms. The molecule has 2 N–H and O–H groups in total. The molecular weight excluding hydrogens is 560 g/mol. The molecule has 0 aliphatic carbocycles. The van der Waals surface area contributed by atoms with Crippen molar-refractivity contribution in [1.29, 1.82) is 0 Å². The first-order valence-corrected chi connectivity index (χ1v) is 12.4. The molecule has 41 heavy (non-hydrogen) atoms. The van der Waals surface area contributed by atoms with Crippen molar-refractivity contribution < 1.29 is 81.6 Å². The Labute approximate surface area is 234 Å². The second-order valence-corrected chi connectivity index (χ2v) is 9.10. The van der Waals surface area contributed by atoms with Crippen LogP contribution in [0.15, 0.2) is 0 Å². The van der Waals surface area contributed by atoms with Crippen LogP contribution in [0, 0.1) is 0 Å². The predicted octanol–water partition coefficient (Wildman–Crippen LogP) is -1.97. The molecule has 2 rings (SSSR count). The minimum atomic E-state index is -1.88. The highest BCUT2D eigenvalue weighted by Crippen LogP contribution is 2.33. The van der Waals surface area contributed by atoms with E-state index in [0.717, 1.165) is 41.5 Å². The smallest absolute Gasteiger partial charge is 0.303 e. The number of ether oxygens (including phenoxy) is 9. The van der Waals surface area contributed by atoms with Crippen LogP contribution in [0.25, 0.3) is 0 Å². The second-order valence-electron chi connectivity index (χ2n) is 9.10. The summed E-state index contributed by atoms with van der Waals surface area (Å²) >= 11 is 0. The first-order chi connectivity index (χ1) is 19.1. The van der Waals surface area contributed by atoms with Crippen LogP contribution in [-0.4, -0.2) is 121 Å². The van der Waals surface area contributed by atoms with Gasteiger partial charge in [0.2, 0.25) is 0 Å². The molecule has 232 valence electrons. The van der Waals surface area contributed by atoms with Gasteiger partial charge in [0.05, 0.1) is 0 Å². The Morgan fingerprint density at radius 3 is 1.46 bits per heavy atom. The van der Waals surface area contributed by atoms with Gasteiger partial charge in [-0.1, -0.05) is 0 Å². The molecule has 17 heteroatoms. The highest BCUT2D eigenvalue weighted by molar-refractivity contribution is 5.68. The molecule has 17 nitrogen and oxygen atoms in total. The van der Waals surface area contributed by atoms with Gasteiger partial charge >= 0.3 is 35.8 Å². The molecule has 2 aliphatic heterocycles. The zero-order valence-corrected chi connectivity index (χ0v) is 23.2. The summed E-state index contributed by atoms with van der Waals surface area (Å²) in [6.45, 7) is 5.14. The highest BCUT2D eigenvalue weighted by atomic mass is 16.8. The Bertz CT molecular complexity index is 981. The third-order valence-electron chi connectivity index (χ3n) is 5.63. The molecule has 2 saturated heterocycles. The molecule has 0 unspecified atom stereocenters. The Morgan fingerprint density at radius 1 is 0.537 bits per heavy atom. The van der Waals surface area contributed by atoms with Gasteiger partial charge in [-0.3, -0.25) is 28.8 Å². The topological polar surface area (TPSA) is 226 Å². The van der Waals surface area contributed by atoms with Crippen LogP contribution in [0.3, 0.4) is 0 Å². The van der Waals surface area contributed by atoms with Crippen molar-refractivity contribution in [2.45, 2.75) is 103 Å². The Hall–Kier alpha value is -3.38. The summed E-state index contributed by atoms with van der Waals surface area (Å²) in [4.78, 5) is 70.6. The maximum atomic E-state index is 12.0. The van der Waals surface area contributed by atoms with Gasteiger partial charge in [-0.15, -0.1) is 0 Å². The fourth-order valence-corrected chi connectivity index (χ4v) is 4.17. The van der Waals surface area contributed by atoms with Crippen molar-refractivity contribution in [2.75, 3.05) is 13.2 Å². The molecule has 0 radical (unpaired) electrons. The standard InChI is InChI=1S/C24H34O17/c1-9(25)33-7-15-17(31)19(35-11(3)27)22(38-14(6)30)24(40-15)41-18-16(8-34-10(2)26)39-23(32)21(37-13(5)29)20(18)36-12(4)28/h15-24,31-32H,7-8H2,1-6H3/t15-,16+,17-,18-,19+,20-,21-,22+,23+,24+/m1/s1. The average Bonchev–Trinajstić information content (AvgIpc) is 2.83. The van der Waals surface area contributed by atoms with E-state index in [9.17, 15) is 39.0 Å². The van der Waals surface area contributed by atoms with Crippen LogP contribution in [-0.2, 0) is 71.4 Å². The number of hydrogen-bond acceptors (Lipinski definition) is 17. The lowest BCUT2D eigenvalue weighted by Crippen LogP contribution is -2.66. The maximum absolute atomic E-state index is 12.0. The fraction of sp³-hybridized carbons (Fsp3) is 0.750. The highest BCUT2D eigenvalue weighted by Gasteiger charge is 2.56. The number of carbonyl (C=O) groups excluding carboxylic acids is 6. The van der Waals surface area contributed by atoms with E-state index >= 15 is 0 Å². The van der Waals surface area contributed by atoms with Crippen LogP contribution < -0.4 is 0 Å². The van der Waals surface area contributed by atoms with Gasteiger partial charge in [0.25, 0.3) is 0 Å². The number of aliphatic hydroxyl groups is 2. The molecule has 0 aromatic carbocycles. The Balaban J connectivity index is 2.57. The summed E-state index contributed by atoms with van der Waals surface area (Å²) in [5.74, 6) is -5.07. The van der Waals surface area contributed by atoms with Crippen LogP contribution in [0.1, 0.15) is 41.5 Å². The molecular formula is C24H34O17. The number of hydrogen-bond donors (Lipinski definition) is 2. The van der Waals surface area contributed by atoms with Gasteiger partial charge in [-0.2, -0.15) is 0 Å². The lowest BCUT2D eigenvalue weighted by atomic mass is 9.96. The van der Waals surface area contributed by atoms with E-state index in [4.69, 9.17) is 42.6 Å². The van der Waals surface area contributed by atoms with E-state index in [1.54, 1.807) is 0 Å². The number of esters is 6. The van der Waals surface area contributed by atoms with E-state index in [1.807, 2.05) is 0 Å². The summed E-state index contributed by atoms with van der Waals surface area (Å²) in [7, 11) is 0. The maximum Gasteiger partial charge on any atom is 0.303 e. The van der Waals surface area contributed by atoms with Gasteiger partial charge in [-0.05, 0) is 0 Å². The molecule has 0 aromatic heterocycles. The van der Waals surface area contributed by atoms with E-state index in [0.29, 0.717) is 0 Å². The van der Waals surface area contributed by atoms with Gasteiger partial charge in [0.1, 0.15) is 37.6 Å². The summed E-state index contributed by atoms with van der Waals surface area (Å²) in [5, 5.41) is 21.4. The molecule has 0 saturated carbocycles. The third kappa shape index (κ3) is 9.89. The third-order valence-corrected chi connectivity index (χ3v) is 5.63. The van der Waals surface area contributed by atoms with Crippen molar-refractivity contribution in [3.8, 4) is 0 Å². The van der Waals surface area contributed by atoms with Crippen LogP contribution >= 0.6 is 0 Å². The van der Waals surface area contributed by atoms with E-state index in [2.05, 4.69) is 0 Å². The first kappa shape index (κ1) is 33.8. The zero-order valence-electron chi connectivity index (χ0n) is 23.2. The molecule has 0 amide bonds. The van der Waals surface area contributed by atoms with Crippen LogP contribution in [0.2, 0.25) is 0 Å². The first-order valence-electron chi connectivity index (χ1n) is 12.4. The molecule has 0 aromatic rings. The fourth-order valence-electron chi connectivity index (χ4n) is 4.17. The number of rotatable bonds is 10. The molecule has 2 heterocycles. The normalized spacial score (nSPS) is 33.1. The number of aliphatic hydroxyl groups excluding tert-OH is 2. The summed E-state index contributed by atoms with van der Waals surface area (Å²) in [6, 6.07) is 0. The SMILES string of the molecule is CC(=O)OC[C@@H]1O[C@H](O)[C@H](OC(C)=O)[C@H](OC(C)=O)[C@@H]1O[C@@H]1O[C@H](COC(C)=O)[C@@H](O)[C@H](OC(C)=O)[C@@H]1OC(C)=O. The van der Waals surface area contributed by atoms with Crippen LogP contribution in [0.5, 0.6) is 0 Å². The minimum absolute atomic E-state index is 0.554. The lowest BCUT2D eigenvalue weighted by molar-refractivity contribution is -0.357. The lowest BCUT2D eigenvalue weighted by Gasteiger charge is -2.47. The minimum Gasteiger partial charge on any atom is -0.463 e. The van der Waals surface area contributed by atoms with Gasteiger partial charge in [0.15, 0.2) is 37.0 Å². The zero-order chi connectivity index (χ0) is 31.0. The van der Waals surface area contributed by atoms with E-state index in [-0.39, 0.29) is 0 Å². The van der Waals surface area contributed by atoms with Crippen molar-refractivity contribution >= 4 is 35.8 Å². The molecule has 2 fully saturated rings. The van der Waals surface area contributed by atoms with Gasteiger partial charge in [0, 0.05) is 41.5 Å². The van der Waals surface area contributed by atoms with Crippen LogP contribution in [0.4, 0.5) is 0 Å². The van der Waals surface area contributed by atoms with Crippen molar-refractivity contribution in [3.05, 3.63) is 0 Å². The second kappa shape index (κ2) is 15.0. The quantitative estimate of drug-likeness (QED) is 0.206. The summed E-state index contributed by atoms with van der Waals surface area (Å²) in [6.07, 6.45) is -16.3. The number of carbonyl (C=O) groups is 6. The van der Waals surface area contributed by atoms with Crippen molar-refractivity contribution in [1.82, 2.24) is 0 Å². The van der Waals surface area contributed by atoms with E-state index < -0.39 is 110 Å². The average molecular weight is 595 g/mol. The molecule has 0 bridgehead atoms.